The van der Waals surface area contributed by atoms with Gasteiger partial charge in [-0.1, -0.05) is 30.3 Å². The fourth-order valence-corrected chi connectivity index (χ4v) is 2.75. The molecule has 24 heavy (non-hydrogen) atoms. The quantitative estimate of drug-likeness (QED) is 0.858. The predicted octanol–water partition coefficient (Wildman–Crippen LogP) is 2.50. The van der Waals surface area contributed by atoms with Gasteiger partial charge in [-0.25, -0.2) is 0 Å². The molecule has 0 spiro atoms. The summed E-state index contributed by atoms with van der Waals surface area (Å²) < 4.78 is 11.6. The number of amides is 1. The lowest BCUT2D eigenvalue weighted by atomic mass is 10.1. The average molecular weight is 326 g/mol. The molecule has 0 fully saturated rings. The molecule has 0 bridgehead atoms. The van der Waals surface area contributed by atoms with Crippen LogP contribution in [0.3, 0.4) is 0 Å². The van der Waals surface area contributed by atoms with Gasteiger partial charge in [-0.05, 0) is 30.2 Å². The van der Waals surface area contributed by atoms with Crippen molar-refractivity contribution in [1.29, 1.82) is 0 Å². The molecular formula is C19H22N2O3. The average Bonchev–Trinajstić information content (AvgIpc) is 2.60. The van der Waals surface area contributed by atoms with Crippen molar-refractivity contribution in [1.82, 2.24) is 4.90 Å². The largest absolute Gasteiger partial charge is 0.486 e. The Morgan fingerprint density at radius 1 is 1.17 bits per heavy atom. The van der Waals surface area contributed by atoms with Crippen molar-refractivity contribution in [2.24, 2.45) is 0 Å². The molecule has 2 aromatic rings. The number of anilines is 1. The van der Waals surface area contributed by atoms with E-state index in [1.54, 1.807) is 11.9 Å². The van der Waals surface area contributed by atoms with Gasteiger partial charge in [0.25, 0.3) is 0 Å². The summed E-state index contributed by atoms with van der Waals surface area (Å²) in [6, 6.07) is 15.2. The molecule has 0 aliphatic carbocycles. The summed E-state index contributed by atoms with van der Waals surface area (Å²) in [5.41, 5.74) is 7.65. The SMILES string of the molecule is CN(CC1COc2ccccc2O1)C(=O)CCc1ccccc1N. The molecule has 2 N–H and O–H groups in total. The highest BCUT2D eigenvalue weighted by atomic mass is 16.6. The summed E-state index contributed by atoms with van der Waals surface area (Å²) in [7, 11) is 1.79. The second-order valence-corrected chi connectivity index (χ2v) is 5.97. The van der Waals surface area contributed by atoms with Crippen molar-refractivity contribution >= 4 is 11.6 Å². The summed E-state index contributed by atoms with van der Waals surface area (Å²) in [5.74, 6) is 1.55. The third kappa shape index (κ3) is 3.79. The van der Waals surface area contributed by atoms with Crippen LogP contribution in [0.2, 0.25) is 0 Å². The number of fused-ring (bicyclic) bond motifs is 1. The minimum Gasteiger partial charge on any atom is -0.486 e. The van der Waals surface area contributed by atoms with Crippen molar-refractivity contribution < 1.29 is 14.3 Å². The molecule has 1 aliphatic heterocycles. The predicted molar refractivity (Wildman–Crippen MR) is 93.2 cm³/mol. The number of hydrogen-bond donors (Lipinski definition) is 1. The second-order valence-electron chi connectivity index (χ2n) is 5.97. The van der Waals surface area contributed by atoms with Crippen LogP contribution in [0.4, 0.5) is 5.69 Å². The maximum absolute atomic E-state index is 12.3. The molecule has 5 heteroatoms. The number of nitrogens with zero attached hydrogens (tertiary/aromatic N) is 1. The van der Waals surface area contributed by atoms with Crippen LogP contribution in [0.1, 0.15) is 12.0 Å². The van der Waals surface area contributed by atoms with E-state index in [-0.39, 0.29) is 12.0 Å². The molecule has 126 valence electrons. The highest BCUT2D eigenvalue weighted by molar-refractivity contribution is 5.76. The molecule has 3 rings (SSSR count). The standard InChI is InChI=1S/C19H22N2O3/c1-21(19(22)11-10-14-6-2-3-7-16(14)20)12-15-13-23-17-8-4-5-9-18(17)24-15/h2-9,15H,10-13,20H2,1H3. The Labute approximate surface area is 142 Å². The molecule has 0 saturated carbocycles. The lowest BCUT2D eigenvalue weighted by molar-refractivity contribution is -0.131. The van der Waals surface area contributed by atoms with Gasteiger partial charge in [-0.2, -0.15) is 0 Å². The van der Waals surface area contributed by atoms with E-state index in [0.29, 0.717) is 26.0 Å². The number of likely N-dealkylation sites (N-methyl/N-ethyl adjacent to an activating group) is 1. The molecule has 0 saturated heterocycles. The first-order valence-corrected chi connectivity index (χ1v) is 8.09. The van der Waals surface area contributed by atoms with Crippen LogP contribution in [0.15, 0.2) is 48.5 Å². The monoisotopic (exact) mass is 326 g/mol. The third-order valence-electron chi connectivity index (χ3n) is 4.13. The lowest BCUT2D eigenvalue weighted by Crippen LogP contribution is -2.41. The van der Waals surface area contributed by atoms with E-state index < -0.39 is 0 Å². The number of carbonyl (C=O) groups is 1. The Morgan fingerprint density at radius 3 is 2.67 bits per heavy atom. The smallest absolute Gasteiger partial charge is 0.222 e. The number of rotatable bonds is 5. The molecule has 1 unspecified atom stereocenters. The third-order valence-corrected chi connectivity index (χ3v) is 4.13. The molecule has 1 atom stereocenters. The summed E-state index contributed by atoms with van der Waals surface area (Å²) in [6.45, 7) is 0.942. The van der Waals surface area contributed by atoms with Gasteiger partial charge in [-0.15, -0.1) is 0 Å². The van der Waals surface area contributed by atoms with Gasteiger partial charge < -0.3 is 20.1 Å². The van der Waals surface area contributed by atoms with Crippen LogP contribution in [-0.2, 0) is 11.2 Å². The topological polar surface area (TPSA) is 64.8 Å². The number of aryl methyl sites for hydroxylation is 1. The van der Waals surface area contributed by atoms with Crippen LogP contribution >= 0.6 is 0 Å². The van der Waals surface area contributed by atoms with E-state index >= 15 is 0 Å². The number of hydrogen-bond acceptors (Lipinski definition) is 4. The van der Waals surface area contributed by atoms with Gasteiger partial charge in [0, 0.05) is 19.2 Å². The number of carbonyl (C=O) groups excluding carboxylic acids is 1. The fourth-order valence-electron chi connectivity index (χ4n) is 2.75. The van der Waals surface area contributed by atoms with Gasteiger partial charge in [0.05, 0.1) is 6.54 Å². The molecule has 5 nitrogen and oxygen atoms in total. The molecule has 2 aromatic carbocycles. The zero-order chi connectivity index (χ0) is 16.9. The maximum atomic E-state index is 12.3. The van der Waals surface area contributed by atoms with Crippen molar-refractivity contribution in [3.63, 3.8) is 0 Å². The molecule has 1 aliphatic rings. The molecule has 1 amide bonds. The Kier molecular flexibility index (Phi) is 4.89. The van der Waals surface area contributed by atoms with Crippen molar-refractivity contribution in [2.75, 3.05) is 25.9 Å². The van der Waals surface area contributed by atoms with Crippen molar-refractivity contribution in [3.8, 4) is 11.5 Å². The Bertz CT molecular complexity index is 717. The summed E-state index contributed by atoms with van der Waals surface area (Å²) >= 11 is 0. The Hall–Kier alpha value is -2.69. The fraction of sp³-hybridized carbons (Fsp3) is 0.316. The summed E-state index contributed by atoms with van der Waals surface area (Å²) in [4.78, 5) is 14.0. The number of ether oxygens (including phenoxy) is 2. The number of para-hydroxylation sites is 3. The summed E-state index contributed by atoms with van der Waals surface area (Å²) in [5, 5.41) is 0. The summed E-state index contributed by atoms with van der Waals surface area (Å²) in [6.07, 6.45) is 0.908. The van der Waals surface area contributed by atoms with Crippen LogP contribution in [0.5, 0.6) is 11.5 Å². The van der Waals surface area contributed by atoms with Crippen molar-refractivity contribution in [3.05, 3.63) is 54.1 Å². The highest BCUT2D eigenvalue weighted by Gasteiger charge is 2.23. The number of nitrogen functional groups attached to an aromatic ring is 1. The van der Waals surface area contributed by atoms with E-state index in [2.05, 4.69) is 0 Å². The van der Waals surface area contributed by atoms with Crippen molar-refractivity contribution in [2.45, 2.75) is 18.9 Å². The van der Waals surface area contributed by atoms with Crippen LogP contribution in [0.25, 0.3) is 0 Å². The molecule has 0 aromatic heterocycles. The first-order valence-electron chi connectivity index (χ1n) is 8.09. The number of nitrogens with two attached hydrogens (primary N) is 1. The first-order chi connectivity index (χ1) is 11.6. The van der Waals surface area contributed by atoms with E-state index in [1.807, 2.05) is 48.5 Å². The second kappa shape index (κ2) is 7.25. The van der Waals surface area contributed by atoms with E-state index in [0.717, 1.165) is 22.7 Å². The minimum atomic E-state index is -0.157. The lowest BCUT2D eigenvalue weighted by Gasteiger charge is -2.29. The molecular weight excluding hydrogens is 304 g/mol. The van der Waals surface area contributed by atoms with Crippen LogP contribution < -0.4 is 15.2 Å². The van der Waals surface area contributed by atoms with Gasteiger partial charge in [0.1, 0.15) is 6.61 Å². The first kappa shape index (κ1) is 16.2. The molecule has 0 radical (unpaired) electrons. The normalized spacial score (nSPS) is 15.8. The molecule has 1 heterocycles. The Balaban J connectivity index is 1.51. The van der Waals surface area contributed by atoms with E-state index in [1.165, 1.54) is 0 Å². The van der Waals surface area contributed by atoms with Gasteiger partial charge >= 0.3 is 0 Å². The minimum absolute atomic E-state index is 0.0701. The van der Waals surface area contributed by atoms with Crippen LogP contribution in [0, 0.1) is 0 Å². The van der Waals surface area contributed by atoms with E-state index in [4.69, 9.17) is 15.2 Å². The zero-order valence-electron chi connectivity index (χ0n) is 13.8. The zero-order valence-corrected chi connectivity index (χ0v) is 13.8. The van der Waals surface area contributed by atoms with Crippen LogP contribution in [-0.4, -0.2) is 37.1 Å². The Morgan fingerprint density at radius 2 is 1.88 bits per heavy atom. The highest BCUT2D eigenvalue weighted by Crippen LogP contribution is 2.31. The van der Waals surface area contributed by atoms with Gasteiger partial charge in [0.15, 0.2) is 17.6 Å². The van der Waals surface area contributed by atoms with E-state index in [9.17, 15) is 4.79 Å². The maximum Gasteiger partial charge on any atom is 0.222 e. The van der Waals surface area contributed by atoms with Gasteiger partial charge in [-0.3, -0.25) is 4.79 Å². The number of benzene rings is 2. The van der Waals surface area contributed by atoms with Gasteiger partial charge in [0.2, 0.25) is 5.91 Å².